The minimum atomic E-state index is 0.767. The largest absolute Gasteiger partial charge is 0.497 e. The maximum absolute atomic E-state index is 5.17. The third-order valence-electron chi connectivity index (χ3n) is 6.04. The van der Waals surface area contributed by atoms with Crippen molar-refractivity contribution in [1.82, 2.24) is 0 Å². The van der Waals surface area contributed by atoms with Gasteiger partial charge >= 0.3 is 0 Å². The molecular formula is C31H32N6O. The summed E-state index contributed by atoms with van der Waals surface area (Å²) in [5, 5.41) is 17.6. The topological polar surface area (TPSA) is 74.3 Å². The molecule has 0 fully saturated rings. The first-order chi connectivity index (χ1) is 18.6. The predicted molar refractivity (Wildman–Crippen MR) is 156 cm³/mol. The molecule has 4 aromatic carbocycles. The van der Waals surface area contributed by atoms with Crippen LogP contribution in [0.15, 0.2) is 116 Å². The lowest BCUT2D eigenvalue weighted by atomic mass is 10.2. The van der Waals surface area contributed by atoms with Crippen molar-refractivity contribution in [3.63, 3.8) is 0 Å². The third-order valence-corrected chi connectivity index (χ3v) is 6.04. The number of benzene rings is 4. The Morgan fingerprint density at radius 3 is 1.82 bits per heavy atom. The van der Waals surface area contributed by atoms with Crippen LogP contribution in [0, 0.1) is 6.92 Å². The fourth-order valence-corrected chi connectivity index (χ4v) is 3.80. The van der Waals surface area contributed by atoms with E-state index in [1.807, 2.05) is 92.0 Å². The minimum Gasteiger partial charge on any atom is -0.497 e. The molecule has 7 nitrogen and oxygen atoms in total. The van der Waals surface area contributed by atoms with Gasteiger partial charge in [0.25, 0.3) is 0 Å². The van der Waals surface area contributed by atoms with E-state index >= 15 is 0 Å². The molecule has 0 unspecified atom stereocenters. The molecule has 38 heavy (non-hydrogen) atoms. The van der Waals surface area contributed by atoms with Gasteiger partial charge < -0.3 is 9.64 Å². The van der Waals surface area contributed by atoms with Gasteiger partial charge in [0.15, 0.2) is 0 Å². The van der Waals surface area contributed by atoms with Crippen LogP contribution < -0.4 is 9.64 Å². The number of rotatable bonds is 10. The van der Waals surface area contributed by atoms with Crippen molar-refractivity contribution in [2.24, 2.45) is 25.4 Å². The number of aliphatic imine (C=N–C) groups is 1. The number of nitrogens with zero attached hydrogens (tertiary/aromatic N) is 6. The number of hydrogen-bond acceptors (Lipinski definition) is 7. The summed E-state index contributed by atoms with van der Waals surface area (Å²) >= 11 is 0. The summed E-state index contributed by atoms with van der Waals surface area (Å²) in [6.07, 6.45) is 1.82. The van der Waals surface area contributed by atoms with E-state index in [1.165, 1.54) is 5.69 Å². The molecule has 0 amide bonds. The van der Waals surface area contributed by atoms with Crippen LogP contribution in [-0.4, -0.2) is 26.4 Å². The lowest BCUT2D eigenvalue weighted by Crippen LogP contribution is -2.21. The monoisotopic (exact) mass is 504 g/mol. The molecule has 0 radical (unpaired) electrons. The highest BCUT2D eigenvalue weighted by Gasteiger charge is 2.02. The van der Waals surface area contributed by atoms with E-state index < -0.39 is 0 Å². The van der Waals surface area contributed by atoms with Crippen molar-refractivity contribution in [3.05, 3.63) is 102 Å². The van der Waals surface area contributed by atoms with Gasteiger partial charge in [-0.2, -0.15) is 20.5 Å². The molecule has 4 aromatic rings. The van der Waals surface area contributed by atoms with Crippen molar-refractivity contribution in [1.29, 1.82) is 0 Å². The van der Waals surface area contributed by atoms with E-state index in [-0.39, 0.29) is 0 Å². The molecule has 0 aliphatic heterocycles. The van der Waals surface area contributed by atoms with E-state index in [0.717, 1.165) is 58.4 Å². The minimum absolute atomic E-state index is 0.767. The lowest BCUT2D eigenvalue weighted by molar-refractivity contribution is 0.415. The van der Waals surface area contributed by atoms with Gasteiger partial charge in [-0.15, -0.1) is 0 Å². The molecule has 0 saturated carbocycles. The van der Waals surface area contributed by atoms with Gasteiger partial charge in [-0.1, -0.05) is 12.1 Å². The molecule has 0 N–H and O–H groups in total. The Kier molecular flexibility index (Phi) is 9.07. The summed E-state index contributed by atoms with van der Waals surface area (Å²) < 4.78 is 5.17. The number of anilines is 1. The van der Waals surface area contributed by atoms with Gasteiger partial charge in [0.05, 0.1) is 35.5 Å². The zero-order valence-corrected chi connectivity index (χ0v) is 22.2. The molecule has 7 heteroatoms. The van der Waals surface area contributed by atoms with Crippen molar-refractivity contribution < 1.29 is 4.74 Å². The third kappa shape index (κ3) is 7.20. The van der Waals surface area contributed by atoms with Gasteiger partial charge in [0.2, 0.25) is 0 Å². The summed E-state index contributed by atoms with van der Waals surface area (Å²) in [6, 6.07) is 29.3. The van der Waals surface area contributed by atoms with Crippen LogP contribution in [0.3, 0.4) is 0 Å². The van der Waals surface area contributed by atoms with Gasteiger partial charge in [0, 0.05) is 25.0 Å². The lowest BCUT2D eigenvalue weighted by Gasteiger charge is -2.20. The summed E-state index contributed by atoms with van der Waals surface area (Å²) in [7, 11) is 1.65. The Labute approximate surface area is 224 Å². The van der Waals surface area contributed by atoms with Gasteiger partial charge in [-0.25, -0.2) is 0 Å². The van der Waals surface area contributed by atoms with Crippen LogP contribution in [0.2, 0.25) is 0 Å². The molecular weight excluding hydrogens is 472 g/mol. The smallest absolute Gasteiger partial charge is 0.119 e. The standard InChI is InChI=1S/C31H32N6O/c1-5-37(6-2)29-16-11-27(12-17-29)33-35-28-15-20-31(23(3)21-28)36-34-26-9-7-24(8-10-26)22-32-25-13-18-30(38-4)19-14-25/h7-22H,5-6H2,1-4H3. The van der Waals surface area contributed by atoms with Crippen LogP contribution in [-0.2, 0) is 0 Å². The van der Waals surface area contributed by atoms with E-state index in [0.29, 0.717) is 0 Å². The molecule has 0 bridgehead atoms. The number of ether oxygens (including phenoxy) is 1. The van der Waals surface area contributed by atoms with Crippen LogP contribution in [0.1, 0.15) is 25.0 Å². The second-order valence-corrected chi connectivity index (χ2v) is 8.61. The average molecular weight is 505 g/mol. The quantitative estimate of drug-likeness (QED) is 0.159. The van der Waals surface area contributed by atoms with Crippen LogP contribution in [0.5, 0.6) is 5.75 Å². The molecule has 0 saturated heterocycles. The number of methoxy groups -OCH3 is 1. The molecule has 0 atom stereocenters. The highest BCUT2D eigenvalue weighted by molar-refractivity contribution is 5.82. The first-order valence-electron chi connectivity index (χ1n) is 12.6. The highest BCUT2D eigenvalue weighted by Crippen LogP contribution is 2.28. The zero-order valence-electron chi connectivity index (χ0n) is 22.2. The second-order valence-electron chi connectivity index (χ2n) is 8.61. The molecule has 0 heterocycles. The summed E-state index contributed by atoms with van der Waals surface area (Å²) in [6.45, 7) is 8.25. The Bertz CT molecular complexity index is 1400. The Morgan fingerprint density at radius 1 is 0.658 bits per heavy atom. The number of hydrogen-bond donors (Lipinski definition) is 0. The van der Waals surface area contributed by atoms with Crippen LogP contribution in [0.4, 0.5) is 34.1 Å². The summed E-state index contributed by atoms with van der Waals surface area (Å²) in [5.74, 6) is 0.810. The van der Waals surface area contributed by atoms with Gasteiger partial charge in [-0.05, 0) is 111 Å². The summed E-state index contributed by atoms with van der Waals surface area (Å²) in [4.78, 5) is 6.79. The fourth-order valence-electron chi connectivity index (χ4n) is 3.80. The first kappa shape index (κ1) is 26.4. The highest BCUT2D eigenvalue weighted by atomic mass is 16.5. The fraction of sp³-hybridized carbons (Fsp3) is 0.194. The average Bonchev–Trinajstić information content (AvgIpc) is 2.96. The molecule has 0 spiro atoms. The second kappa shape index (κ2) is 13.1. The van der Waals surface area contributed by atoms with Crippen molar-refractivity contribution in [2.75, 3.05) is 25.1 Å². The summed E-state index contributed by atoms with van der Waals surface area (Å²) in [5.41, 5.74) is 7.16. The molecule has 0 aromatic heterocycles. The van der Waals surface area contributed by atoms with Crippen LogP contribution >= 0.6 is 0 Å². The van der Waals surface area contributed by atoms with Crippen molar-refractivity contribution in [2.45, 2.75) is 20.8 Å². The Balaban J connectivity index is 1.36. The normalized spacial score (nSPS) is 11.6. The van der Waals surface area contributed by atoms with Gasteiger partial charge in [0.1, 0.15) is 5.75 Å². The first-order valence-corrected chi connectivity index (χ1v) is 12.6. The molecule has 192 valence electrons. The maximum atomic E-state index is 5.17. The van der Waals surface area contributed by atoms with E-state index in [1.54, 1.807) is 7.11 Å². The molecule has 0 aliphatic carbocycles. The van der Waals surface area contributed by atoms with Crippen molar-refractivity contribution >= 4 is 40.3 Å². The Hall–Kier alpha value is -4.65. The van der Waals surface area contributed by atoms with E-state index in [4.69, 9.17) is 4.74 Å². The van der Waals surface area contributed by atoms with E-state index in [2.05, 4.69) is 56.3 Å². The number of azo groups is 2. The van der Waals surface area contributed by atoms with Crippen molar-refractivity contribution in [3.8, 4) is 5.75 Å². The van der Waals surface area contributed by atoms with Gasteiger partial charge in [-0.3, -0.25) is 4.99 Å². The Morgan fingerprint density at radius 2 is 1.21 bits per heavy atom. The predicted octanol–water partition coefficient (Wildman–Crippen LogP) is 9.43. The maximum Gasteiger partial charge on any atom is 0.119 e. The van der Waals surface area contributed by atoms with Crippen LogP contribution in [0.25, 0.3) is 0 Å². The van der Waals surface area contributed by atoms with E-state index in [9.17, 15) is 0 Å². The molecule has 0 aliphatic rings. The zero-order chi connectivity index (χ0) is 26.7. The SMILES string of the molecule is CCN(CC)c1ccc(N=Nc2ccc(N=Nc3ccc(C=Nc4ccc(OC)cc4)cc3)c(C)c2)cc1. The number of aryl methyl sites for hydroxylation is 1. The molecule has 4 rings (SSSR count).